The maximum absolute atomic E-state index is 12.5. The lowest BCUT2D eigenvalue weighted by Crippen LogP contribution is -2.40. The van der Waals surface area contributed by atoms with Gasteiger partial charge in [-0.2, -0.15) is 0 Å². The first kappa shape index (κ1) is 16.3. The predicted octanol–water partition coefficient (Wildman–Crippen LogP) is 4.41. The van der Waals surface area contributed by atoms with E-state index in [2.05, 4.69) is 39.0 Å². The molecule has 2 aliphatic heterocycles. The van der Waals surface area contributed by atoms with Crippen LogP contribution in [0, 0.1) is 0 Å². The first-order valence-electron chi connectivity index (χ1n) is 8.52. The van der Waals surface area contributed by atoms with Gasteiger partial charge < -0.3 is 9.64 Å². The lowest BCUT2D eigenvalue weighted by Gasteiger charge is -2.30. The molecule has 5 heteroatoms. The van der Waals surface area contributed by atoms with Crippen LogP contribution in [0.15, 0.2) is 58.0 Å². The second-order valence-electron chi connectivity index (χ2n) is 6.34. The zero-order valence-electron chi connectivity index (χ0n) is 14.0. The van der Waals surface area contributed by atoms with Crippen LogP contribution in [0.5, 0.6) is 0 Å². The summed E-state index contributed by atoms with van der Waals surface area (Å²) in [5, 5.41) is 0. The molecule has 0 aliphatic carbocycles. The molecule has 2 atom stereocenters. The number of halogens is 1. The average molecular weight is 399 g/mol. The van der Waals surface area contributed by atoms with Gasteiger partial charge in [0.15, 0.2) is 0 Å². The largest absolute Gasteiger partial charge is 0.464 e. The zero-order chi connectivity index (χ0) is 17.4. The summed E-state index contributed by atoms with van der Waals surface area (Å²) >= 11 is 3.52. The summed E-state index contributed by atoms with van der Waals surface area (Å²) in [5.74, 6) is 0.929. The van der Waals surface area contributed by atoms with Crippen LogP contribution < -0.4 is 0 Å². The quantitative estimate of drug-likeness (QED) is 0.718. The second-order valence-corrected chi connectivity index (χ2v) is 7.25. The van der Waals surface area contributed by atoms with Gasteiger partial charge in [0.2, 0.25) is 0 Å². The van der Waals surface area contributed by atoms with Gasteiger partial charge in [-0.05, 0) is 42.7 Å². The predicted molar refractivity (Wildman–Crippen MR) is 101 cm³/mol. The molecule has 0 N–H and O–H groups in total. The number of carbonyl (C=O) groups excluding carboxylic acids is 1. The lowest BCUT2D eigenvalue weighted by atomic mass is 9.95. The number of fused-ring (bicyclic) bond motifs is 2. The molecule has 0 aromatic heterocycles. The molecule has 25 heavy (non-hydrogen) atoms. The van der Waals surface area contributed by atoms with Crippen molar-refractivity contribution in [2.75, 3.05) is 6.61 Å². The minimum Gasteiger partial charge on any atom is -0.464 e. The summed E-state index contributed by atoms with van der Waals surface area (Å²) in [6, 6.07) is 16.1. The number of hydrogen-bond donors (Lipinski definition) is 0. The van der Waals surface area contributed by atoms with Crippen molar-refractivity contribution in [1.82, 2.24) is 4.90 Å². The van der Waals surface area contributed by atoms with Crippen LogP contribution in [0.2, 0.25) is 0 Å². The molecule has 1 saturated heterocycles. The number of ether oxygens (including phenoxy) is 1. The van der Waals surface area contributed by atoms with Crippen molar-refractivity contribution in [3.8, 4) is 0 Å². The van der Waals surface area contributed by atoms with Crippen LogP contribution in [0.1, 0.15) is 30.4 Å². The number of amidine groups is 1. The fourth-order valence-electron chi connectivity index (χ4n) is 3.68. The van der Waals surface area contributed by atoms with E-state index in [0.717, 1.165) is 21.6 Å². The van der Waals surface area contributed by atoms with Gasteiger partial charge in [0.25, 0.3) is 0 Å². The summed E-state index contributed by atoms with van der Waals surface area (Å²) in [5.41, 5.74) is 3.31. The molecule has 0 bridgehead atoms. The smallest absolute Gasteiger partial charge is 0.328 e. The van der Waals surface area contributed by atoms with Crippen molar-refractivity contribution < 1.29 is 9.53 Å². The van der Waals surface area contributed by atoms with Crippen LogP contribution >= 0.6 is 15.9 Å². The van der Waals surface area contributed by atoms with E-state index < -0.39 is 0 Å². The molecule has 2 heterocycles. The number of nitrogens with zero attached hydrogens (tertiary/aromatic N) is 2. The molecule has 2 aromatic carbocycles. The minimum absolute atomic E-state index is 0.118. The molecule has 4 nitrogen and oxygen atoms in total. The Morgan fingerprint density at radius 3 is 2.84 bits per heavy atom. The van der Waals surface area contributed by atoms with Gasteiger partial charge in [0.05, 0.1) is 12.3 Å². The van der Waals surface area contributed by atoms with Gasteiger partial charge in [-0.3, -0.25) is 0 Å². The van der Waals surface area contributed by atoms with Gasteiger partial charge in [-0.25, -0.2) is 9.79 Å². The third-order valence-electron chi connectivity index (χ3n) is 4.82. The van der Waals surface area contributed by atoms with E-state index in [9.17, 15) is 4.79 Å². The molecule has 4 rings (SSSR count). The first-order chi connectivity index (χ1) is 12.2. The number of hydrogen-bond acceptors (Lipinski definition) is 4. The normalized spacial score (nSPS) is 21.4. The molecule has 0 spiro atoms. The topological polar surface area (TPSA) is 41.9 Å². The standard InChI is InChI=1S/C20H19BrN2O2/c1-2-25-20(24)18-11-16(13-6-4-3-5-7-13)19-22-17-9-8-15(21)10-14(17)12-23(18)19/h3-10,16,18H,2,11-12H2,1H3/t16?,18-/m0/s1. The van der Waals surface area contributed by atoms with E-state index in [0.29, 0.717) is 19.6 Å². The average Bonchev–Trinajstić information content (AvgIpc) is 2.99. The lowest BCUT2D eigenvalue weighted by molar-refractivity contribution is -0.147. The number of benzene rings is 2. The van der Waals surface area contributed by atoms with Gasteiger partial charge in [-0.1, -0.05) is 46.3 Å². The van der Waals surface area contributed by atoms with Gasteiger partial charge in [-0.15, -0.1) is 0 Å². The Labute approximate surface area is 155 Å². The monoisotopic (exact) mass is 398 g/mol. The minimum atomic E-state index is -0.281. The Balaban J connectivity index is 1.77. The molecular weight excluding hydrogens is 380 g/mol. The highest BCUT2D eigenvalue weighted by atomic mass is 79.9. The highest BCUT2D eigenvalue weighted by molar-refractivity contribution is 9.10. The van der Waals surface area contributed by atoms with Crippen molar-refractivity contribution >= 4 is 33.4 Å². The Kier molecular flexibility index (Phi) is 4.34. The van der Waals surface area contributed by atoms with Gasteiger partial charge in [0.1, 0.15) is 11.9 Å². The van der Waals surface area contributed by atoms with Crippen LogP contribution in [-0.2, 0) is 16.1 Å². The van der Waals surface area contributed by atoms with Crippen molar-refractivity contribution in [1.29, 1.82) is 0 Å². The molecule has 1 unspecified atom stereocenters. The van der Waals surface area contributed by atoms with Crippen molar-refractivity contribution in [2.45, 2.75) is 31.8 Å². The number of aliphatic imine (C=N–C) groups is 1. The number of rotatable bonds is 3. The first-order valence-corrected chi connectivity index (χ1v) is 9.32. The van der Waals surface area contributed by atoms with E-state index in [-0.39, 0.29) is 17.9 Å². The zero-order valence-corrected chi connectivity index (χ0v) is 15.6. The highest BCUT2D eigenvalue weighted by Crippen LogP contribution is 2.41. The summed E-state index contributed by atoms with van der Waals surface area (Å²) < 4.78 is 6.35. The van der Waals surface area contributed by atoms with E-state index in [4.69, 9.17) is 9.73 Å². The Morgan fingerprint density at radius 2 is 2.08 bits per heavy atom. The fourth-order valence-corrected chi connectivity index (χ4v) is 4.09. The van der Waals surface area contributed by atoms with Gasteiger partial charge >= 0.3 is 5.97 Å². The Hall–Kier alpha value is -2.14. The molecule has 1 fully saturated rings. The van der Waals surface area contributed by atoms with Crippen LogP contribution in [0.4, 0.5) is 5.69 Å². The van der Waals surface area contributed by atoms with Crippen molar-refractivity contribution in [3.63, 3.8) is 0 Å². The highest BCUT2D eigenvalue weighted by Gasteiger charge is 2.44. The summed E-state index contributed by atoms with van der Waals surface area (Å²) in [6.45, 7) is 2.92. The van der Waals surface area contributed by atoms with Crippen LogP contribution in [0.25, 0.3) is 0 Å². The third kappa shape index (κ3) is 2.97. The van der Waals surface area contributed by atoms with E-state index in [1.165, 1.54) is 5.56 Å². The van der Waals surface area contributed by atoms with Crippen LogP contribution in [0.3, 0.4) is 0 Å². The molecule has 0 saturated carbocycles. The second kappa shape index (κ2) is 6.64. The molecule has 2 aromatic rings. The number of carbonyl (C=O) groups is 1. The Morgan fingerprint density at radius 1 is 1.28 bits per heavy atom. The van der Waals surface area contributed by atoms with Crippen molar-refractivity contribution in [3.05, 3.63) is 64.1 Å². The van der Waals surface area contributed by atoms with Gasteiger partial charge in [0, 0.05) is 16.9 Å². The van der Waals surface area contributed by atoms with Crippen molar-refractivity contribution in [2.24, 2.45) is 4.99 Å². The SMILES string of the molecule is CCOC(=O)[C@@H]1CC(c2ccccc2)C2=Nc3ccc(Br)cc3CN21. The summed E-state index contributed by atoms with van der Waals surface area (Å²) in [4.78, 5) is 19.6. The molecular formula is C20H19BrN2O2. The Bertz CT molecular complexity index is 835. The summed E-state index contributed by atoms with van der Waals surface area (Å²) in [6.07, 6.45) is 0.705. The maximum Gasteiger partial charge on any atom is 0.328 e. The van der Waals surface area contributed by atoms with E-state index >= 15 is 0 Å². The molecule has 2 aliphatic rings. The molecule has 0 radical (unpaired) electrons. The third-order valence-corrected chi connectivity index (χ3v) is 5.31. The maximum atomic E-state index is 12.5. The summed E-state index contributed by atoms with van der Waals surface area (Å²) in [7, 11) is 0. The fraction of sp³-hybridized carbons (Fsp3) is 0.300. The van der Waals surface area contributed by atoms with E-state index in [1.807, 2.05) is 37.3 Å². The molecule has 128 valence electrons. The molecule has 0 amide bonds. The number of esters is 1. The van der Waals surface area contributed by atoms with Crippen LogP contribution in [-0.4, -0.2) is 29.4 Å². The van der Waals surface area contributed by atoms with E-state index in [1.54, 1.807) is 0 Å².